The maximum absolute atomic E-state index is 14.6. The number of aromatic hydroxyl groups is 1. The molecule has 0 bridgehead atoms. The van der Waals surface area contributed by atoms with Crippen LogP contribution in [0, 0.1) is 13.8 Å². The average molecular weight is 610 g/mol. The highest BCUT2D eigenvalue weighted by Crippen LogP contribution is 2.27. The van der Waals surface area contributed by atoms with E-state index in [0.717, 1.165) is 67.2 Å². The number of carbonyl (C=O) groups is 3. The van der Waals surface area contributed by atoms with Crippen LogP contribution in [0.1, 0.15) is 115 Å². The molecule has 3 N–H and O–H groups in total. The van der Waals surface area contributed by atoms with E-state index in [1.807, 2.05) is 39.0 Å². The van der Waals surface area contributed by atoms with E-state index >= 15 is 0 Å². The van der Waals surface area contributed by atoms with Crippen molar-refractivity contribution in [1.82, 2.24) is 15.5 Å². The molecule has 2 aromatic rings. The van der Waals surface area contributed by atoms with E-state index < -0.39 is 23.8 Å². The molecule has 0 aromatic heterocycles. The number of hydrogen-bond donors (Lipinski definition) is 3. The predicted octanol–water partition coefficient (Wildman–Crippen LogP) is 7.29. The largest absolute Gasteiger partial charge is 0.508 e. The topological polar surface area (TPSA) is 108 Å². The number of nitrogens with one attached hydrogen (secondary N) is 2. The third kappa shape index (κ3) is 12.2. The molecule has 0 aliphatic rings. The summed E-state index contributed by atoms with van der Waals surface area (Å²) < 4.78 is 5.54. The lowest BCUT2D eigenvalue weighted by Crippen LogP contribution is -2.54. The van der Waals surface area contributed by atoms with Crippen molar-refractivity contribution in [3.8, 4) is 5.75 Å². The highest BCUT2D eigenvalue weighted by atomic mass is 16.6. The highest BCUT2D eigenvalue weighted by Gasteiger charge is 2.36. The number of benzene rings is 2. The zero-order valence-corrected chi connectivity index (χ0v) is 28.2. The van der Waals surface area contributed by atoms with Gasteiger partial charge >= 0.3 is 6.09 Å². The summed E-state index contributed by atoms with van der Waals surface area (Å²) in [6.07, 6.45) is 6.09. The van der Waals surface area contributed by atoms with Crippen LogP contribution >= 0.6 is 0 Å². The Morgan fingerprint density at radius 3 is 2.14 bits per heavy atom. The van der Waals surface area contributed by atoms with Crippen molar-refractivity contribution in [2.75, 3.05) is 6.54 Å². The van der Waals surface area contributed by atoms with Gasteiger partial charge in [0.1, 0.15) is 23.4 Å². The molecule has 3 unspecified atom stereocenters. The molecule has 0 aliphatic heterocycles. The fraction of sp³-hybridized carbons (Fsp3) is 0.583. The van der Waals surface area contributed by atoms with Gasteiger partial charge in [-0.3, -0.25) is 9.59 Å². The number of nitrogens with zero attached hydrogens (tertiary/aromatic N) is 1. The van der Waals surface area contributed by atoms with Crippen molar-refractivity contribution in [2.45, 2.75) is 130 Å². The van der Waals surface area contributed by atoms with E-state index in [0.29, 0.717) is 6.54 Å². The van der Waals surface area contributed by atoms with E-state index in [1.165, 1.54) is 0 Å². The second-order valence-electron chi connectivity index (χ2n) is 13.0. The summed E-state index contributed by atoms with van der Waals surface area (Å²) in [5.74, 6) is -0.490. The molecule has 8 heteroatoms. The molecule has 3 amide bonds. The first-order valence-corrected chi connectivity index (χ1v) is 16.2. The molecule has 0 aliphatic carbocycles. The van der Waals surface area contributed by atoms with Gasteiger partial charge in [0.05, 0.1) is 0 Å². The zero-order valence-electron chi connectivity index (χ0n) is 28.2. The maximum Gasteiger partial charge on any atom is 0.408 e. The van der Waals surface area contributed by atoms with Crippen LogP contribution in [0.5, 0.6) is 5.75 Å². The van der Waals surface area contributed by atoms with Gasteiger partial charge in [-0.15, -0.1) is 0 Å². The quantitative estimate of drug-likeness (QED) is 0.173. The number of aryl methyl sites for hydroxylation is 2. The number of phenolic OH excluding ortho intramolecular Hbond substituents is 1. The van der Waals surface area contributed by atoms with Crippen molar-refractivity contribution in [3.63, 3.8) is 0 Å². The minimum absolute atomic E-state index is 0.0595. The lowest BCUT2D eigenvalue weighted by atomic mass is 9.96. The monoisotopic (exact) mass is 609 g/mol. The van der Waals surface area contributed by atoms with Crippen LogP contribution in [-0.4, -0.2) is 52.1 Å². The standard InChI is InChI=1S/C36H55N3O5/c1-9-11-12-13-14-22-39(32(33(41)37-27(5)15-10-2)29-19-16-25(3)26(4)23-29)34(42)31(38-35(43)44-36(6,7)8)24-28-17-20-30(40)21-18-28/h16-21,23,27,31-32,40H,9-15,22,24H2,1-8H3,(H,37,41)(H,38,43). The molecule has 0 heterocycles. The molecular weight excluding hydrogens is 554 g/mol. The van der Waals surface area contributed by atoms with Gasteiger partial charge in [-0.25, -0.2) is 4.79 Å². The van der Waals surface area contributed by atoms with Gasteiger partial charge in [0.15, 0.2) is 0 Å². The molecule has 0 fully saturated rings. The van der Waals surface area contributed by atoms with E-state index in [-0.39, 0.29) is 30.0 Å². The van der Waals surface area contributed by atoms with E-state index in [9.17, 15) is 19.5 Å². The molecule has 0 saturated carbocycles. The molecule has 0 saturated heterocycles. The van der Waals surface area contributed by atoms with E-state index in [2.05, 4.69) is 24.5 Å². The van der Waals surface area contributed by atoms with Crippen molar-refractivity contribution < 1.29 is 24.2 Å². The molecule has 0 radical (unpaired) electrons. The van der Waals surface area contributed by atoms with Gasteiger partial charge in [0, 0.05) is 19.0 Å². The number of ether oxygens (including phenoxy) is 1. The Morgan fingerprint density at radius 1 is 0.886 bits per heavy atom. The first-order chi connectivity index (χ1) is 20.7. The van der Waals surface area contributed by atoms with Crippen LogP contribution in [0.25, 0.3) is 0 Å². The molecular formula is C36H55N3O5. The van der Waals surface area contributed by atoms with Crippen LogP contribution < -0.4 is 10.6 Å². The predicted molar refractivity (Wildman–Crippen MR) is 177 cm³/mol. The third-order valence-corrected chi connectivity index (χ3v) is 7.67. The Kier molecular flexibility index (Phi) is 14.7. The lowest BCUT2D eigenvalue weighted by Gasteiger charge is -2.35. The van der Waals surface area contributed by atoms with Gasteiger partial charge < -0.3 is 25.4 Å². The van der Waals surface area contributed by atoms with Gasteiger partial charge in [0.2, 0.25) is 11.8 Å². The van der Waals surface area contributed by atoms with Crippen LogP contribution in [-0.2, 0) is 20.7 Å². The van der Waals surface area contributed by atoms with E-state index in [4.69, 9.17) is 4.74 Å². The number of alkyl carbamates (subject to hydrolysis) is 1. The summed E-state index contributed by atoms with van der Waals surface area (Å²) in [6, 6.07) is 10.5. The van der Waals surface area contributed by atoms with Crippen molar-refractivity contribution in [2.24, 2.45) is 0 Å². The Morgan fingerprint density at radius 2 is 1.55 bits per heavy atom. The number of amides is 3. The van der Waals surface area contributed by atoms with Gasteiger partial charge in [-0.2, -0.15) is 0 Å². The zero-order chi connectivity index (χ0) is 32.9. The fourth-order valence-corrected chi connectivity index (χ4v) is 5.20. The SMILES string of the molecule is CCCCCCCN(C(=O)C(Cc1ccc(O)cc1)NC(=O)OC(C)(C)C)C(C(=O)NC(C)CCC)c1ccc(C)c(C)c1. The summed E-state index contributed by atoms with van der Waals surface area (Å²) in [7, 11) is 0. The average Bonchev–Trinajstić information content (AvgIpc) is 2.93. The fourth-order valence-electron chi connectivity index (χ4n) is 5.20. The lowest BCUT2D eigenvalue weighted by molar-refractivity contribution is -0.142. The smallest absolute Gasteiger partial charge is 0.408 e. The first-order valence-electron chi connectivity index (χ1n) is 16.2. The number of carbonyl (C=O) groups excluding carboxylic acids is 3. The van der Waals surface area contributed by atoms with Gasteiger partial charge in [-0.05, 0) is 88.8 Å². The summed E-state index contributed by atoms with van der Waals surface area (Å²) in [4.78, 5) is 43.4. The number of unbranched alkanes of at least 4 members (excludes halogenated alkanes) is 4. The molecule has 8 nitrogen and oxygen atoms in total. The molecule has 2 rings (SSSR count). The molecule has 2 aromatic carbocycles. The molecule has 0 spiro atoms. The molecule has 244 valence electrons. The third-order valence-electron chi connectivity index (χ3n) is 7.67. The van der Waals surface area contributed by atoms with Crippen LogP contribution in [0.15, 0.2) is 42.5 Å². The number of phenols is 1. The highest BCUT2D eigenvalue weighted by molar-refractivity contribution is 5.92. The second-order valence-corrected chi connectivity index (χ2v) is 13.0. The Labute approximate surface area is 264 Å². The minimum atomic E-state index is -1.00. The maximum atomic E-state index is 14.6. The Hall–Kier alpha value is -3.55. The molecule has 44 heavy (non-hydrogen) atoms. The summed E-state index contributed by atoms with van der Waals surface area (Å²) in [5.41, 5.74) is 2.86. The molecule has 3 atom stereocenters. The second kappa shape index (κ2) is 17.7. The summed E-state index contributed by atoms with van der Waals surface area (Å²) in [5, 5.41) is 15.8. The van der Waals surface area contributed by atoms with Crippen LogP contribution in [0.4, 0.5) is 4.79 Å². The number of rotatable bonds is 16. The van der Waals surface area contributed by atoms with Crippen molar-refractivity contribution in [3.05, 3.63) is 64.7 Å². The minimum Gasteiger partial charge on any atom is -0.508 e. The van der Waals surface area contributed by atoms with Crippen molar-refractivity contribution in [1.29, 1.82) is 0 Å². The Bertz CT molecular complexity index is 1210. The Balaban J connectivity index is 2.60. The summed E-state index contributed by atoms with van der Waals surface area (Å²) in [6.45, 7) is 15.9. The van der Waals surface area contributed by atoms with Crippen LogP contribution in [0.2, 0.25) is 0 Å². The number of hydrogen-bond acceptors (Lipinski definition) is 5. The van der Waals surface area contributed by atoms with Gasteiger partial charge in [-0.1, -0.05) is 76.3 Å². The normalized spacial score (nSPS) is 13.5. The van der Waals surface area contributed by atoms with Crippen LogP contribution in [0.3, 0.4) is 0 Å². The first kappa shape index (κ1) is 36.6. The van der Waals surface area contributed by atoms with Crippen molar-refractivity contribution >= 4 is 17.9 Å². The van der Waals surface area contributed by atoms with Gasteiger partial charge in [0.25, 0.3) is 0 Å². The summed E-state index contributed by atoms with van der Waals surface area (Å²) >= 11 is 0. The van der Waals surface area contributed by atoms with E-state index in [1.54, 1.807) is 49.9 Å².